The van der Waals surface area contributed by atoms with Crippen molar-refractivity contribution in [3.05, 3.63) is 29.8 Å². The van der Waals surface area contributed by atoms with Gasteiger partial charge in [0, 0.05) is 11.4 Å². The zero-order valence-corrected chi connectivity index (χ0v) is 11.9. The Balaban J connectivity index is 2.48. The smallest absolute Gasteiger partial charge is 0.355 e. The number of rotatable bonds is 6. The summed E-state index contributed by atoms with van der Waals surface area (Å²) in [6.45, 7) is 2.85. The van der Waals surface area contributed by atoms with Crippen molar-refractivity contribution >= 4 is 17.7 Å². The standard InChI is InChI=1S/C13H17F3N2OS/c1-9(6-17)7-18-12(19)8-20-11-4-2-3-10(5-11)13(14,15)16/h2-5,9H,6-8,17H2,1H3,(H,18,19). The van der Waals surface area contributed by atoms with Gasteiger partial charge in [-0.15, -0.1) is 11.8 Å². The van der Waals surface area contributed by atoms with Crippen LogP contribution in [0, 0.1) is 5.92 Å². The second-order valence-electron chi connectivity index (χ2n) is 4.46. The topological polar surface area (TPSA) is 55.1 Å². The Morgan fingerprint density at radius 2 is 2.15 bits per heavy atom. The van der Waals surface area contributed by atoms with Crippen LogP contribution in [-0.2, 0) is 11.0 Å². The summed E-state index contributed by atoms with van der Waals surface area (Å²) in [7, 11) is 0. The largest absolute Gasteiger partial charge is 0.416 e. The van der Waals surface area contributed by atoms with Gasteiger partial charge in [-0.2, -0.15) is 13.2 Å². The van der Waals surface area contributed by atoms with Crippen molar-refractivity contribution in [1.82, 2.24) is 5.32 Å². The van der Waals surface area contributed by atoms with Crippen molar-refractivity contribution in [2.24, 2.45) is 11.7 Å². The fourth-order valence-electron chi connectivity index (χ4n) is 1.33. The van der Waals surface area contributed by atoms with Gasteiger partial charge in [-0.1, -0.05) is 13.0 Å². The van der Waals surface area contributed by atoms with E-state index in [2.05, 4.69) is 5.32 Å². The molecule has 0 fully saturated rings. The highest BCUT2D eigenvalue weighted by atomic mass is 32.2. The highest BCUT2D eigenvalue weighted by Gasteiger charge is 2.30. The normalized spacial score (nSPS) is 13.1. The number of carbonyl (C=O) groups excluding carboxylic acids is 1. The van der Waals surface area contributed by atoms with Crippen LogP contribution >= 0.6 is 11.8 Å². The lowest BCUT2D eigenvalue weighted by molar-refractivity contribution is -0.137. The SMILES string of the molecule is CC(CN)CNC(=O)CSc1cccc(C(F)(F)F)c1. The first-order chi connectivity index (χ1) is 9.32. The number of benzene rings is 1. The molecule has 0 aromatic heterocycles. The fourth-order valence-corrected chi connectivity index (χ4v) is 2.12. The molecule has 0 bridgehead atoms. The summed E-state index contributed by atoms with van der Waals surface area (Å²) in [6, 6.07) is 4.93. The number of hydrogen-bond donors (Lipinski definition) is 2. The number of thioether (sulfide) groups is 1. The van der Waals surface area contributed by atoms with Crippen LogP contribution in [0.5, 0.6) is 0 Å². The van der Waals surface area contributed by atoms with Crippen LogP contribution in [-0.4, -0.2) is 24.7 Å². The Morgan fingerprint density at radius 1 is 1.45 bits per heavy atom. The van der Waals surface area contributed by atoms with E-state index in [1.54, 1.807) is 6.07 Å². The van der Waals surface area contributed by atoms with Crippen molar-refractivity contribution in [1.29, 1.82) is 0 Å². The summed E-state index contributed by atoms with van der Waals surface area (Å²) in [5, 5.41) is 2.69. The van der Waals surface area contributed by atoms with Gasteiger partial charge in [-0.25, -0.2) is 0 Å². The molecule has 0 aliphatic carbocycles. The molecule has 20 heavy (non-hydrogen) atoms. The molecular weight excluding hydrogens is 289 g/mol. The first-order valence-electron chi connectivity index (χ1n) is 6.09. The molecule has 1 atom stereocenters. The molecule has 1 aromatic rings. The predicted molar refractivity (Wildman–Crippen MR) is 73.4 cm³/mol. The summed E-state index contributed by atoms with van der Waals surface area (Å²) in [4.78, 5) is 11.9. The third kappa shape index (κ3) is 5.83. The van der Waals surface area contributed by atoms with Gasteiger partial charge in [0.05, 0.1) is 11.3 Å². The van der Waals surface area contributed by atoms with Crippen LogP contribution in [0.2, 0.25) is 0 Å². The maximum Gasteiger partial charge on any atom is 0.416 e. The number of nitrogens with two attached hydrogens (primary N) is 1. The van der Waals surface area contributed by atoms with E-state index in [1.165, 1.54) is 6.07 Å². The molecule has 0 spiro atoms. The summed E-state index contributed by atoms with van der Waals surface area (Å²) in [5.74, 6) is 0.0451. The Bertz CT molecular complexity index is 451. The van der Waals surface area contributed by atoms with E-state index in [1.807, 2.05) is 6.92 Å². The van der Waals surface area contributed by atoms with Gasteiger partial charge in [0.2, 0.25) is 5.91 Å². The molecule has 3 N–H and O–H groups in total. The first kappa shape index (κ1) is 16.8. The lowest BCUT2D eigenvalue weighted by atomic mass is 10.2. The van der Waals surface area contributed by atoms with Gasteiger partial charge in [0.25, 0.3) is 0 Å². The molecule has 0 heterocycles. The molecule has 0 radical (unpaired) electrons. The van der Waals surface area contributed by atoms with Crippen molar-refractivity contribution in [2.45, 2.75) is 18.0 Å². The molecule has 0 saturated heterocycles. The molecule has 1 rings (SSSR count). The maximum atomic E-state index is 12.5. The van der Waals surface area contributed by atoms with E-state index in [-0.39, 0.29) is 17.6 Å². The van der Waals surface area contributed by atoms with Gasteiger partial charge in [0.1, 0.15) is 0 Å². The Labute approximate surface area is 120 Å². The summed E-state index contributed by atoms with van der Waals surface area (Å²) >= 11 is 1.07. The summed E-state index contributed by atoms with van der Waals surface area (Å²) in [6.07, 6.45) is -4.37. The summed E-state index contributed by atoms with van der Waals surface area (Å²) < 4.78 is 37.5. The molecule has 7 heteroatoms. The Kier molecular flexibility index (Phi) is 6.35. The van der Waals surface area contributed by atoms with Crippen LogP contribution in [0.3, 0.4) is 0 Å². The molecular formula is C13H17F3N2OS. The lowest BCUT2D eigenvalue weighted by Crippen LogP contribution is -2.32. The zero-order chi connectivity index (χ0) is 15.2. The molecule has 3 nitrogen and oxygen atoms in total. The monoisotopic (exact) mass is 306 g/mol. The first-order valence-corrected chi connectivity index (χ1v) is 7.08. The molecule has 1 unspecified atom stereocenters. The van der Waals surface area contributed by atoms with E-state index in [0.29, 0.717) is 18.0 Å². The molecule has 0 aliphatic heterocycles. The van der Waals surface area contributed by atoms with E-state index in [9.17, 15) is 18.0 Å². The molecule has 0 aliphatic rings. The molecule has 1 amide bonds. The predicted octanol–water partition coefficient (Wildman–Crippen LogP) is 2.51. The number of amides is 1. The van der Waals surface area contributed by atoms with E-state index in [0.717, 1.165) is 23.9 Å². The van der Waals surface area contributed by atoms with Crippen LogP contribution in [0.4, 0.5) is 13.2 Å². The Hall–Kier alpha value is -1.21. The highest BCUT2D eigenvalue weighted by molar-refractivity contribution is 8.00. The Morgan fingerprint density at radius 3 is 2.75 bits per heavy atom. The number of carbonyl (C=O) groups is 1. The van der Waals surface area contributed by atoms with Crippen molar-refractivity contribution in [3.63, 3.8) is 0 Å². The van der Waals surface area contributed by atoms with Crippen molar-refractivity contribution in [2.75, 3.05) is 18.8 Å². The minimum atomic E-state index is -4.37. The average molecular weight is 306 g/mol. The number of alkyl halides is 3. The van der Waals surface area contributed by atoms with Crippen molar-refractivity contribution in [3.8, 4) is 0 Å². The number of hydrogen-bond acceptors (Lipinski definition) is 3. The molecule has 1 aromatic carbocycles. The summed E-state index contributed by atoms with van der Waals surface area (Å²) in [5.41, 5.74) is 4.71. The van der Waals surface area contributed by atoms with Crippen LogP contribution in [0.25, 0.3) is 0 Å². The van der Waals surface area contributed by atoms with Crippen LogP contribution < -0.4 is 11.1 Å². The maximum absolute atomic E-state index is 12.5. The van der Waals surface area contributed by atoms with Crippen LogP contribution in [0.1, 0.15) is 12.5 Å². The average Bonchev–Trinajstić information content (AvgIpc) is 2.41. The van der Waals surface area contributed by atoms with E-state index in [4.69, 9.17) is 5.73 Å². The lowest BCUT2D eigenvalue weighted by Gasteiger charge is -2.10. The van der Waals surface area contributed by atoms with Gasteiger partial charge in [-0.05, 0) is 30.7 Å². The minimum Gasteiger partial charge on any atom is -0.355 e. The minimum absolute atomic E-state index is 0.0819. The van der Waals surface area contributed by atoms with Gasteiger partial charge in [0.15, 0.2) is 0 Å². The van der Waals surface area contributed by atoms with Gasteiger partial charge >= 0.3 is 6.18 Å². The third-order valence-electron chi connectivity index (χ3n) is 2.58. The van der Waals surface area contributed by atoms with Gasteiger partial charge in [-0.3, -0.25) is 4.79 Å². The number of nitrogens with one attached hydrogen (secondary N) is 1. The van der Waals surface area contributed by atoms with E-state index >= 15 is 0 Å². The zero-order valence-electron chi connectivity index (χ0n) is 11.0. The highest BCUT2D eigenvalue weighted by Crippen LogP contribution is 2.31. The fraction of sp³-hybridized carbons (Fsp3) is 0.462. The number of halogens is 3. The van der Waals surface area contributed by atoms with Crippen LogP contribution in [0.15, 0.2) is 29.2 Å². The van der Waals surface area contributed by atoms with E-state index < -0.39 is 11.7 Å². The second-order valence-corrected chi connectivity index (χ2v) is 5.51. The second kappa shape index (κ2) is 7.54. The quantitative estimate of drug-likeness (QED) is 0.794. The van der Waals surface area contributed by atoms with Gasteiger partial charge < -0.3 is 11.1 Å². The molecule has 0 saturated carbocycles. The third-order valence-corrected chi connectivity index (χ3v) is 3.58. The molecule has 112 valence electrons. The van der Waals surface area contributed by atoms with Crippen molar-refractivity contribution < 1.29 is 18.0 Å².